The molecule has 0 bridgehead atoms. The number of nitrogens with one attached hydrogen (secondary N) is 1. The topological polar surface area (TPSA) is 61.8 Å². The van der Waals surface area contributed by atoms with Gasteiger partial charge >= 0.3 is 5.97 Å². The quantitative estimate of drug-likeness (QED) is 0.763. The van der Waals surface area contributed by atoms with E-state index in [1.807, 2.05) is 6.07 Å². The van der Waals surface area contributed by atoms with Crippen molar-refractivity contribution in [1.82, 2.24) is 4.90 Å². The Bertz CT molecular complexity index is 693. The van der Waals surface area contributed by atoms with Crippen molar-refractivity contribution in [3.63, 3.8) is 0 Å². The Morgan fingerprint density at radius 3 is 3.04 bits per heavy atom. The average molecular weight is 328 g/mol. The van der Waals surface area contributed by atoms with Crippen molar-refractivity contribution in [2.75, 3.05) is 25.5 Å². The second-order valence-electron chi connectivity index (χ2n) is 7.78. The number of rotatable bonds is 1. The molecule has 5 heteroatoms. The number of hydrogen-bond donors (Lipinski definition) is 2. The summed E-state index contributed by atoms with van der Waals surface area (Å²) in [4.78, 5) is 15.1. The highest BCUT2D eigenvalue weighted by molar-refractivity contribution is 5.78. The van der Waals surface area contributed by atoms with Gasteiger partial charge in [0.2, 0.25) is 0 Å². The van der Waals surface area contributed by atoms with E-state index in [1.165, 1.54) is 12.7 Å². The average Bonchev–Trinajstić information content (AvgIpc) is 3.16. The first-order chi connectivity index (χ1) is 11.7. The van der Waals surface area contributed by atoms with Crippen molar-refractivity contribution in [1.29, 1.82) is 0 Å². The van der Waals surface area contributed by atoms with Crippen molar-refractivity contribution in [2.24, 2.45) is 11.8 Å². The molecule has 3 aliphatic heterocycles. The van der Waals surface area contributed by atoms with Crippen molar-refractivity contribution in [3.8, 4) is 0 Å². The van der Waals surface area contributed by atoms with Crippen LogP contribution >= 0.6 is 0 Å². The van der Waals surface area contributed by atoms with Gasteiger partial charge in [-0.2, -0.15) is 0 Å². The third kappa shape index (κ3) is 1.60. The molecule has 6 atom stereocenters. The summed E-state index contributed by atoms with van der Waals surface area (Å²) in [5.74, 6) is -0.633. The monoisotopic (exact) mass is 328 g/mol. The van der Waals surface area contributed by atoms with Crippen LogP contribution in [0, 0.1) is 11.8 Å². The second kappa shape index (κ2) is 4.96. The SMILES string of the molecule is COC(=O)[C@H]1[C@@H](O)[C@H]2CCCN3CC[C@]4(c5ccccc5N[C@H]14)[C@@H]23. The van der Waals surface area contributed by atoms with E-state index in [-0.39, 0.29) is 23.3 Å². The Morgan fingerprint density at radius 1 is 1.38 bits per heavy atom. The molecule has 4 aliphatic rings. The number of aliphatic hydroxyl groups is 1. The summed E-state index contributed by atoms with van der Waals surface area (Å²) < 4.78 is 5.10. The van der Waals surface area contributed by atoms with Crippen molar-refractivity contribution < 1.29 is 14.6 Å². The highest BCUT2D eigenvalue weighted by Gasteiger charge is 2.68. The van der Waals surface area contributed by atoms with Gasteiger partial charge in [-0.1, -0.05) is 18.2 Å². The van der Waals surface area contributed by atoms with Crippen LogP contribution in [0.25, 0.3) is 0 Å². The molecule has 5 nitrogen and oxygen atoms in total. The first-order valence-electron chi connectivity index (χ1n) is 9.04. The number of aliphatic hydroxyl groups excluding tert-OH is 1. The van der Waals surface area contributed by atoms with E-state index in [4.69, 9.17) is 4.74 Å². The van der Waals surface area contributed by atoms with E-state index in [0.29, 0.717) is 6.04 Å². The minimum atomic E-state index is -0.636. The predicted molar refractivity (Wildman–Crippen MR) is 89.7 cm³/mol. The van der Waals surface area contributed by atoms with Gasteiger partial charge in [-0.05, 0) is 44.0 Å². The highest BCUT2D eigenvalue weighted by Crippen LogP contribution is 2.60. The van der Waals surface area contributed by atoms with Crippen molar-refractivity contribution in [3.05, 3.63) is 29.8 Å². The van der Waals surface area contributed by atoms with E-state index in [1.54, 1.807) is 0 Å². The summed E-state index contributed by atoms with van der Waals surface area (Å²) in [6.45, 7) is 2.15. The van der Waals surface area contributed by atoms with Crippen molar-refractivity contribution in [2.45, 2.75) is 42.9 Å². The van der Waals surface area contributed by atoms with E-state index >= 15 is 0 Å². The van der Waals surface area contributed by atoms with Crippen LogP contribution in [0.4, 0.5) is 5.69 Å². The number of benzene rings is 1. The van der Waals surface area contributed by atoms with Gasteiger partial charge < -0.3 is 15.2 Å². The highest BCUT2D eigenvalue weighted by atomic mass is 16.5. The molecule has 0 aromatic heterocycles. The fourth-order valence-corrected chi connectivity index (χ4v) is 6.29. The molecule has 1 aromatic carbocycles. The number of piperidine rings is 1. The number of hydrogen-bond acceptors (Lipinski definition) is 5. The first kappa shape index (κ1) is 14.7. The minimum Gasteiger partial charge on any atom is -0.469 e. The minimum absolute atomic E-state index is 0.0818. The van der Waals surface area contributed by atoms with Crippen LogP contribution in [0.2, 0.25) is 0 Å². The zero-order chi connectivity index (χ0) is 16.5. The van der Waals surface area contributed by atoms with Crippen LogP contribution in [0.1, 0.15) is 24.8 Å². The third-order valence-electron chi connectivity index (χ3n) is 7.06. The molecule has 0 radical (unpaired) electrons. The zero-order valence-electron chi connectivity index (χ0n) is 13.9. The molecular formula is C19H24N2O3. The lowest BCUT2D eigenvalue weighted by molar-refractivity contribution is -0.160. The summed E-state index contributed by atoms with van der Waals surface area (Å²) in [6.07, 6.45) is 2.50. The Hall–Kier alpha value is -1.59. The van der Waals surface area contributed by atoms with Crippen LogP contribution in [-0.2, 0) is 14.9 Å². The number of carbonyl (C=O) groups is 1. The van der Waals surface area contributed by atoms with Gasteiger partial charge in [-0.15, -0.1) is 0 Å². The molecule has 5 rings (SSSR count). The third-order valence-corrected chi connectivity index (χ3v) is 7.06. The fourth-order valence-electron chi connectivity index (χ4n) is 6.29. The molecule has 2 saturated heterocycles. The van der Waals surface area contributed by atoms with Crippen LogP contribution in [0.15, 0.2) is 24.3 Å². The number of fused-ring (bicyclic) bond motifs is 1. The maximum atomic E-state index is 12.6. The van der Waals surface area contributed by atoms with Gasteiger partial charge in [-0.25, -0.2) is 0 Å². The van der Waals surface area contributed by atoms with Crippen molar-refractivity contribution >= 4 is 11.7 Å². The molecule has 1 spiro atoms. The van der Waals surface area contributed by atoms with Crippen LogP contribution in [0.3, 0.4) is 0 Å². The Balaban J connectivity index is 1.71. The van der Waals surface area contributed by atoms with E-state index < -0.39 is 12.0 Å². The summed E-state index contributed by atoms with van der Waals surface area (Å²) in [6, 6.07) is 8.68. The number of anilines is 1. The maximum absolute atomic E-state index is 12.6. The number of carbonyl (C=O) groups excluding carboxylic acids is 1. The number of methoxy groups -OCH3 is 1. The fraction of sp³-hybridized carbons (Fsp3) is 0.632. The number of para-hydroxylation sites is 1. The molecule has 1 saturated carbocycles. The molecule has 1 aliphatic carbocycles. The summed E-state index contributed by atoms with van der Waals surface area (Å²) in [5.41, 5.74) is 2.37. The van der Waals surface area contributed by atoms with Gasteiger partial charge in [0.1, 0.15) is 5.92 Å². The Kier molecular flexibility index (Phi) is 3.04. The Labute approximate surface area is 142 Å². The number of esters is 1. The van der Waals surface area contributed by atoms with Gasteiger partial charge in [0.25, 0.3) is 0 Å². The molecule has 24 heavy (non-hydrogen) atoms. The van der Waals surface area contributed by atoms with Gasteiger partial charge in [0.15, 0.2) is 0 Å². The normalized spacial score (nSPS) is 42.7. The van der Waals surface area contributed by atoms with Crippen LogP contribution in [0.5, 0.6) is 0 Å². The van der Waals surface area contributed by atoms with Crippen LogP contribution < -0.4 is 5.32 Å². The van der Waals surface area contributed by atoms with Gasteiger partial charge in [-0.3, -0.25) is 9.69 Å². The lowest BCUT2D eigenvalue weighted by Crippen LogP contribution is -2.67. The second-order valence-corrected chi connectivity index (χ2v) is 7.78. The smallest absolute Gasteiger partial charge is 0.313 e. The summed E-state index contributed by atoms with van der Waals surface area (Å²) in [5, 5.41) is 14.7. The largest absolute Gasteiger partial charge is 0.469 e. The van der Waals surface area contributed by atoms with E-state index in [2.05, 4.69) is 28.4 Å². The van der Waals surface area contributed by atoms with E-state index in [9.17, 15) is 9.90 Å². The standard InChI is InChI=1S/C19H24N2O3/c1-24-18(23)14-15(22)11-5-4-9-21-10-8-19(17(11)21)12-6-2-3-7-13(12)20-16(14)19/h2-3,6-7,11,14-17,20,22H,4-5,8-10H2,1H3/t11-,14+,15+,16-,17-,19-/m1/s1. The lowest BCUT2D eigenvalue weighted by Gasteiger charge is -2.54. The molecular weight excluding hydrogens is 304 g/mol. The molecule has 0 unspecified atom stereocenters. The predicted octanol–water partition coefficient (Wildman–Crippen LogP) is 1.37. The number of nitrogens with zero attached hydrogens (tertiary/aromatic N) is 1. The molecule has 3 heterocycles. The Morgan fingerprint density at radius 2 is 2.21 bits per heavy atom. The number of ether oxygens (including phenoxy) is 1. The zero-order valence-corrected chi connectivity index (χ0v) is 13.9. The van der Waals surface area contributed by atoms with Gasteiger partial charge in [0.05, 0.1) is 19.3 Å². The van der Waals surface area contributed by atoms with Gasteiger partial charge in [0, 0.05) is 23.1 Å². The molecule has 3 fully saturated rings. The molecule has 128 valence electrons. The lowest BCUT2D eigenvalue weighted by atomic mass is 9.55. The van der Waals surface area contributed by atoms with Crippen LogP contribution in [-0.4, -0.2) is 54.4 Å². The summed E-state index contributed by atoms with van der Waals surface area (Å²) in [7, 11) is 1.43. The first-order valence-corrected chi connectivity index (χ1v) is 9.04. The molecule has 1 aromatic rings. The maximum Gasteiger partial charge on any atom is 0.313 e. The molecule has 2 N–H and O–H groups in total. The van der Waals surface area contributed by atoms with E-state index in [0.717, 1.165) is 38.0 Å². The summed E-state index contributed by atoms with van der Waals surface area (Å²) >= 11 is 0. The molecule has 0 amide bonds.